The molecule has 0 spiro atoms. The minimum Gasteiger partial charge on any atom is -0.381 e. The van der Waals surface area contributed by atoms with Crippen LogP contribution in [0.2, 0.25) is 0 Å². The summed E-state index contributed by atoms with van der Waals surface area (Å²) in [6, 6.07) is 10.2. The van der Waals surface area contributed by atoms with Gasteiger partial charge in [-0.1, -0.05) is 30.3 Å². The number of hydrogen-bond donors (Lipinski definition) is 2. The molecule has 0 radical (unpaired) electrons. The molecule has 27 heavy (non-hydrogen) atoms. The van der Waals surface area contributed by atoms with Gasteiger partial charge in [0, 0.05) is 46.6 Å². The zero-order valence-corrected chi connectivity index (χ0v) is 18.7. The van der Waals surface area contributed by atoms with Crippen molar-refractivity contribution in [2.45, 2.75) is 25.9 Å². The molecule has 0 bridgehead atoms. The molecule has 1 heterocycles. The minimum absolute atomic E-state index is 0. The van der Waals surface area contributed by atoms with Gasteiger partial charge in [0.1, 0.15) is 0 Å². The molecule has 154 valence electrons. The maximum atomic E-state index is 5.77. The summed E-state index contributed by atoms with van der Waals surface area (Å²) in [5.41, 5.74) is 1.19. The summed E-state index contributed by atoms with van der Waals surface area (Å²) in [4.78, 5) is 4.22. The van der Waals surface area contributed by atoms with Crippen LogP contribution >= 0.6 is 24.0 Å². The Morgan fingerprint density at radius 3 is 2.56 bits per heavy atom. The maximum absolute atomic E-state index is 5.77. The minimum atomic E-state index is 0. The van der Waals surface area contributed by atoms with Crippen LogP contribution < -0.4 is 10.6 Å². The van der Waals surface area contributed by atoms with Crippen LogP contribution in [-0.4, -0.2) is 59.1 Å². The van der Waals surface area contributed by atoms with E-state index in [4.69, 9.17) is 14.2 Å². The third-order valence-corrected chi connectivity index (χ3v) is 4.33. The van der Waals surface area contributed by atoms with Crippen LogP contribution in [0.25, 0.3) is 0 Å². The highest BCUT2D eigenvalue weighted by atomic mass is 127. The SMILES string of the molecule is CN=C(NCCCOCC1CCOCC1)NCCOCc1ccccc1.I. The first-order valence-electron chi connectivity index (χ1n) is 9.60. The van der Waals surface area contributed by atoms with Crippen LogP contribution in [0.1, 0.15) is 24.8 Å². The Morgan fingerprint density at radius 2 is 1.81 bits per heavy atom. The Kier molecular flexibility index (Phi) is 14.4. The average Bonchev–Trinajstić information content (AvgIpc) is 2.70. The zero-order chi connectivity index (χ0) is 18.3. The Balaban J connectivity index is 0.00000364. The summed E-state index contributed by atoms with van der Waals surface area (Å²) in [5.74, 6) is 1.47. The predicted octanol–water partition coefficient (Wildman–Crippen LogP) is 2.82. The molecule has 2 rings (SSSR count). The van der Waals surface area contributed by atoms with Crippen LogP contribution in [0, 0.1) is 5.92 Å². The van der Waals surface area contributed by atoms with E-state index in [1.807, 2.05) is 18.2 Å². The molecule has 1 aromatic carbocycles. The molecule has 1 aliphatic rings. The second-order valence-corrected chi connectivity index (χ2v) is 6.45. The molecule has 6 nitrogen and oxygen atoms in total. The van der Waals surface area contributed by atoms with Crippen molar-refractivity contribution in [3.63, 3.8) is 0 Å². The van der Waals surface area contributed by atoms with E-state index in [-0.39, 0.29) is 24.0 Å². The summed E-state index contributed by atoms with van der Waals surface area (Å²) in [6.45, 7) is 6.25. The molecule has 1 aromatic rings. The predicted molar refractivity (Wildman–Crippen MR) is 120 cm³/mol. The first-order valence-corrected chi connectivity index (χ1v) is 9.60. The Labute approximate surface area is 180 Å². The van der Waals surface area contributed by atoms with Gasteiger partial charge in [-0.25, -0.2) is 0 Å². The van der Waals surface area contributed by atoms with Crippen LogP contribution in [-0.2, 0) is 20.8 Å². The van der Waals surface area contributed by atoms with E-state index in [1.165, 1.54) is 5.56 Å². The largest absolute Gasteiger partial charge is 0.381 e. The normalized spacial score (nSPS) is 15.2. The smallest absolute Gasteiger partial charge is 0.191 e. The van der Waals surface area contributed by atoms with Crippen LogP contribution in [0.5, 0.6) is 0 Å². The Hall–Kier alpha value is -0.900. The van der Waals surface area contributed by atoms with Gasteiger partial charge in [-0.2, -0.15) is 0 Å². The molecule has 1 fully saturated rings. The number of nitrogens with one attached hydrogen (secondary N) is 2. The standard InChI is InChI=1S/C20H33N3O3.HI/c1-21-20(23-11-15-26-16-18-6-3-2-4-7-18)22-10-5-12-25-17-19-8-13-24-14-9-19;/h2-4,6-7,19H,5,8-17H2,1H3,(H2,21,22,23);1H. The Bertz CT molecular complexity index is 497. The molecule has 2 N–H and O–H groups in total. The van der Waals surface area contributed by atoms with Crippen LogP contribution in [0.15, 0.2) is 35.3 Å². The fourth-order valence-electron chi connectivity index (χ4n) is 2.77. The monoisotopic (exact) mass is 491 g/mol. The lowest BCUT2D eigenvalue weighted by Gasteiger charge is -2.21. The number of benzene rings is 1. The van der Waals surface area contributed by atoms with Gasteiger partial charge < -0.3 is 24.8 Å². The van der Waals surface area contributed by atoms with Gasteiger partial charge in [-0.3, -0.25) is 4.99 Å². The van der Waals surface area contributed by atoms with E-state index in [2.05, 4.69) is 27.8 Å². The summed E-state index contributed by atoms with van der Waals surface area (Å²) in [6.07, 6.45) is 3.22. The van der Waals surface area contributed by atoms with Crippen molar-refractivity contribution in [3.8, 4) is 0 Å². The lowest BCUT2D eigenvalue weighted by atomic mass is 10.0. The highest BCUT2D eigenvalue weighted by Crippen LogP contribution is 2.14. The maximum Gasteiger partial charge on any atom is 0.191 e. The molecular formula is C20H34IN3O3. The van der Waals surface area contributed by atoms with E-state index in [1.54, 1.807) is 7.05 Å². The second-order valence-electron chi connectivity index (χ2n) is 6.45. The van der Waals surface area contributed by atoms with Crippen molar-refractivity contribution in [3.05, 3.63) is 35.9 Å². The van der Waals surface area contributed by atoms with Crippen LogP contribution in [0.3, 0.4) is 0 Å². The molecular weight excluding hydrogens is 457 g/mol. The van der Waals surface area contributed by atoms with Crippen molar-refractivity contribution < 1.29 is 14.2 Å². The molecule has 0 atom stereocenters. The number of aliphatic imine (C=N–C) groups is 1. The third kappa shape index (κ3) is 11.5. The zero-order valence-electron chi connectivity index (χ0n) is 16.3. The van der Waals surface area contributed by atoms with Gasteiger partial charge >= 0.3 is 0 Å². The van der Waals surface area contributed by atoms with Crippen molar-refractivity contribution in [1.82, 2.24) is 10.6 Å². The Morgan fingerprint density at radius 1 is 1.07 bits per heavy atom. The first-order chi connectivity index (χ1) is 12.9. The summed E-state index contributed by atoms with van der Waals surface area (Å²) >= 11 is 0. The highest BCUT2D eigenvalue weighted by molar-refractivity contribution is 14.0. The number of rotatable bonds is 11. The van der Waals surface area contributed by atoms with Gasteiger partial charge in [-0.05, 0) is 30.7 Å². The van der Waals surface area contributed by atoms with Gasteiger partial charge in [0.15, 0.2) is 5.96 Å². The summed E-state index contributed by atoms with van der Waals surface area (Å²) in [7, 11) is 1.78. The lowest BCUT2D eigenvalue weighted by molar-refractivity contribution is 0.0203. The van der Waals surface area contributed by atoms with Gasteiger partial charge in [0.05, 0.1) is 13.2 Å². The molecule has 1 saturated heterocycles. The van der Waals surface area contributed by atoms with E-state index < -0.39 is 0 Å². The van der Waals surface area contributed by atoms with E-state index in [0.29, 0.717) is 19.1 Å². The number of halogens is 1. The fraction of sp³-hybridized carbons (Fsp3) is 0.650. The van der Waals surface area contributed by atoms with Crippen molar-refractivity contribution in [2.24, 2.45) is 10.9 Å². The molecule has 0 aliphatic carbocycles. The van der Waals surface area contributed by atoms with E-state index in [9.17, 15) is 0 Å². The third-order valence-electron chi connectivity index (χ3n) is 4.33. The second kappa shape index (κ2) is 16.1. The molecule has 7 heteroatoms. The van der Waals surface area contributed by atoms with Gasteiger partial charge in [0.2, 0.25) is 0 Å². The number of nitrogens with zero attached hydrogens (tertiary/aromatic N) is 1. The van der Waals surface area contributed by atoms with Crippen molar-refractivity contribution >= 4 is 29.9 Å². The van der Waals surface area contributed by atoms with E-state index >= 15 is 0 Å². The molecule has 0 aromatic heterocycles. The van der Waals surface area contributed by atoms with Gasteiger partial charge in [0.25, 0.3) is 0 Å². The first kappa shape index (κ1) is 24.1. The van der Waals surface area contributed by atoms with Crippen molar-refractivity contribution in [2.75, 3.05) is 53.2 Å². The molecule has 0 unspecified atom stereocenters. The topological polar surface area (TPSA) is 64.1 Å². The number of ether oxygens (including phenoxy) is 3. The molecule has 0 amide bonds. The summed E-state index contributed by atoms with van der Waals surface area (Å²) < 4.78 is 16.8. The fourth-order valence-corrected chi connectivity index (χ4v) is 2.77. The molecule has 0 saturated carbocycles. The number of guanidine groups is 1. The van der Waals surface area contributed by atoms with Crippen molar-refractivity contribution in [1.29, 1.82) is 0 Å². The highest BCUT2D eigenvalue weighted by Gasteiger charge is 2.13. The molecule has 1 aliphatic heterocycles. The quantitative estimate of drug-likeness (QED) is 0.216. The average molecular weight is 491 g/mol. The summed E-state index contributed by atoms with van der Waals surface area (Å²) in [5, 5.41) is 6.56. The lowest BCUT2D eigenvalue weighted by Crippen LogP contribution is -2.39. The van der Waals surface area contributed by atoms with E-state index in [0.717, 1.165) is 64.7 Å². The van der Waals surface area contributed by atoms with Gasteiger partial charge in [-0.15, -0.1) is 24.0 Å². The number of hydrogen-bond acceptors (Lipinski definition) is 4. The van der Waals surface area contributed by atoms with Crippen LogP contribution in [0.4, 0.5) is 0 Å².